The van der Waals surface area contributed by atoms with Crippen LogP contribution < -0.4 is 4.90 Å². The van der Waals surface area contributed by atoms with Gasteiger partial charge < -0.3 is 9.80 Å². The molecule has 7 heteroatoms. The van der Waals surface area contributed by atoms with Crippen molar-refractivity contribution in [3.63, 3.8) is 0 Å². The molecule has 0 unspecified atom stereocenters. The van der Waals surface area contributed by atoms with E-state index in [0.717, 1.165) is 36.9 Å². The normalized spacial score (nSPS) is 18.5. The second-order valence-electron chi connectivity index (χ2n) is 6.21. The summed E-state index contributed by atoms with van der Waals surface area (Å²) in [6.45, 7) is 3.15. The number of piperazine rings is 1. The zero-order chi connectivity index (χ0) is 16.0. The Labute approximate surface area is 144 Å². The van der Waals surface area contributed by atoms with Gasteiger partial charge in [-0.3, -0.25) is 9.48 Å². The van der Waals surface area contributed by atoms with E-state index in [1.54, 1.807) is 6.07 Å². The molecule has 1 saturated heterocycles. The first kappa shape index (κ1) is 15.0. The van der Waals surface area contributed by atoms with Crippen molar-refractivity contribution in [3.8, 4) is 0 Å². The quantitative estimate of drug-likeness (QED) is 0.854. The minimum Gasteiger partial charge on any atom is -0.353 e. The molecular weight excluding hydrogens is 332 g/mol. The van der Waals surface area contributed by atoms with Crippen molar-refractivity contribution in [1.82, 2.24) is 14.7 Å². The number of hydrogen-bond donors (Lipinski definition) is 0. The molecule has 2 aromatic heterocycles. The number of aromatic nitrogens is 2. The highest BCUT2D eigenvalue weighted by Crippen LogP contribution is 2.40. The molecule has 0 aromatic carbocycles. The van der Waals surface area contributed by atoms with Crippen LogP contribution in [0.2, 0.25) is 4.34 Å². The van der Waals surface area contributed by atoms with Crippen LogP contribution >= 0.6 is 22.9 Å². The first-order valence-electron chi connectivity index (χ1n) is 7.95. The summed E-state index contributed by atoms with van der Waals surface area (Å²) in [6, 6.07) is 5.81. The van der Waals surface area contributed by atoms with Gasteiger partial charge in [-0.2, -0.15) is 5.10 Å². The van der Waals surface area contributed by atoms with Crippen molar-refractivity contribution in [2.45, 2.75) is 18.8 Å². The fourth-order valence-electron chi connectivity index (χ4n) is 3.08. The number of hydrogen-bond acceptors (Lipinski definition) is 4. The Morgan fingerprint density at radius 3 is 2.61 bits per heavy atom. The van der Waals surface area contributed by atoms with Crippen LogP contribution in [0.25, 0.3) is 0 Å². The van der Waals surface area contributed by atoms with E-state index in [1.165, 1.54) is 29.9 Å². The smallest absolute Gasteiger partial charge is 0.264 e. The molecular formula is C16H19ClN4OS. The molecule has 2 aromatic rings. The van der Waals surface area contributed by atoms with Gasteiger partial charge in [0.15, 0.2) is 0 Å². The molecule has 0 spiro atoms. The number of aryl methyl sites for hydroxylation is 1. The number of carbonyl (C=O) groups is 1. The lowest BCUT2D eigenvalue weighted by Crippen LogP contribution is -2.49. The third-order valence-corrected chi connectivity index (χ3v) is 5.76. The van der Waals surface area contributed by atoms with Gasteiger partial charge in [0.25, 0.3) is 5.91 Å². The average molecular weight is 351 g/mol. The van der Waals surface area contributed by atoms with Gasteiger partial charge in [0.2, 0.25) is 0 Å². The van der Waals surface area contributed by atoms with Crippen LogP contribution in [-0.4, -0.2) is 46.8 Å². The highest BCUT2D eigenvalue weighted by molar-refractivity contribution is 7.17. The molecule has 23 heavy (non-hydrogen) atoms. The number of anilines is 1. The Morgan fingerprint density at radius 1 is 1.26 bits per heavy atom. The van der Waals surface area contributed by atoms with Crippen molar-refractivity contribution in [2.75, 3.05) is 31.1 Å². The lowest BCUT2D eigenvalue weighted by molar-refractivity contribution is 0.0751. The van der Waals surface area contributed by atoms with E-state index in [0.29, 0.717) is 10.3 Å². The third kappa shape index (κ3) is 2.97. The summed E-state index contributed by atoms with van der Waals surface area (Å²) in [5.41, 5.74) is 1.22. The molecule has 4 rings (SSSR count). The zero-order valence-corrected chi connectivity index (χ0v) is 14.6. The van der Waals surface area contributed by atoms with Gasteiger partial charge in [-0.1, -0.05) is 11.6 Å². The van der Waals surface area contributed by atoms with E-state index < -0.39 is 0 Å². The molecule has 5 nitrogen and oxygen atoms in total. The van der Waals surface area contributed by atoms with Crippen LogP contribution in [0.4, 0.5) is 5.82 Å². The van der Waals surface area contributed by atoms with Crippen molar-refractivity contribution in [3.05, 3.63) is 33.1 Å². The Hall–Kier alpha value is -1.53. The molecule has 2 aliphatic rings. The first-order valence-corrected chi connectivity index (χ1v) is 9.15. The van der Waals surface area contributed by atoms with Crippen molar-refractivity contribution >= 4 is 34.7 Å². The second-order valence-corrected chi connectivity index (χ2v) is 7.92. The fraction of sp³-hybridized carbons (Fsp3) is 0.500. The average Bonchev–Trinajstić information content (AvgIpc) is 3.21. The number of amides is 1. The van der Waals surface area contributed by atoms with E-state index >= 15 is 0 Å². The molecule has 3 heterocycles. The minimum atomic E-state index is 0.0882. The molecule has 1 amide bonds. The summed E-state index contributed by atoms with van der Waals surface area (Å²) in [5, 5.41) is 4.63. The Kier molecular flexibility index (Phi) is 3.81. The van der Waals surface area contributed by atoms with Gasteiger partial charge in [-0.05, 0) is 25.0 Å². The summed E-state index contributed by atoms with van der Waals surface area (Å²) < 4.78 is 2.64. The molecule has 1 aliphatic carbocycles. The summed E-state index contributed by atoms with van der Waals surface area (Å²) in [7, 11) is 2.01. The van der Waals surface area contributed by atoms with Crippen molar-refractivity contribution in [1.29, 1.82) is 0 Å². The highest BCUT2D eigenvalue weighted by Gasteiger charge is 2.29. The maximum Gasteiger partial charge on any atom is 0.264 e. The molecule has 0 N–H and O–H groups in total. The lowest BCUT2D eigenvalue weighted by Gasteiger charge is -2.35. The van der Waals surface area contributed by atoms with E-state index in [4.69, 9.17) is 11.6 Å². The first-order chi connectivity index (χ1) is 11.1. The van der Waals surface area contributed by atoms with Crippen LogP contribution in [0.1, 0.15) is 34.1 Å². The Balaban J connectivity index is 1.41. The molecule has 0 bridgehead atoms. The summed E-state index contributed by atoms with van der Waals surface area (Å²) in [5.74, 6) is 1.92. The predicted molar refractivity (Wildman–Crippen MR) is 92.6 cm³/mol. The van der Waals surface area contributed by atoms with E-state index in [2.05, 4.69) is 16.1 Å². The topological polar surface area (TPSA) is 41.4 Å². The molecule has 0 radical (unpaired) electrons. The molecule has 1 saturated carbocycles. The molecule has 0 atom stereocenters. The molecule has 2 fully saturated rings. The molecule has 1 aliphatic heterocycles. The fourth-order valence-corrected chi connectivity index (χ4v) is 4.09. The van der Waals surface area contributed by atoms with E-state index in [9.17, 15) is 4.79 Å². The van der Waals surface area contributed by atoms with Gasteiger partial charge >= 0.3 is 0 Å². The largest absolute Gasteiger partial charge is 0.353 e. The number of carbonyl (C=O) groups excluding carboxylic acids is 1. The standard InChI is InChI=1S/C16H19ClN4OS/c1-19-15(10-12(18-19)11-2-3-11)20-6-8-21(9-7-20)16(22)13-4-5-14(17)23-13/h4-5,10-11H,2-3,6-9H2,1H3. The van der Waals surface area contributed by atoms with Crippen LogP contribution in [0.3, 0.4) is 0 Å². The van der Waals surface area contributed by atoms with Gasteiger partial charge in [-0.15, -0.1) is 11.3 Å². The third-order valence-electron chi connectivity index (χ3n) is 4.54. The zero-order valence-electron chi connectivity index (χ0n) is 13.0. The maximum absolute atomic E-state index is 12.5. The number of thiophene rings is 1. The summed E-state index contributed by atoms with van der Waals surface area (Å²) in [6.07, 6.45) is 2.53. The summed E-state index contributed by atoms with van der Waals surface area (Å²) >= 11 is 7.28. The molecule has 122 valence electrons. The Bertz CT molecular complexity index is 728. The van der Waals surface area contributed by atoms with Gasteiger partial charge in [0, 0.05) is 45.2 Å². The Morgan fingerprint density at radius 2 is 2.00 bits per heavy atom. The van der Waals surface area contributed by atoms with Gasteiger partial charge in [-0.25, -0.2) is 0 Å². The lowest BCUT2D eigenvalue weighted by atomic mass is 10.2. The van der Waals surface area contributed by atoms with Gasteiger partial charge in [0.05, 0.1) is 14.9 Å². The van der Waals surface area contributed by atoms with Crippen LogP contribution in [0.5, 0.6) is 0 Å². The number of halogens is 1. The predicted octanol–water partition coefficient (Wildman–Crippen LogP) is 2.97. The van der Waals surface area contributed by atoms with Gasteiger partial charge in [0.1, 0.15) is 5.82 Å². The van der Waals surface area contributed by atoms with E-state index in [1.807, 2.05) is 22.7 Å². The van der Waals surface area contributed by atoms with Crippen molar-refractivity contribution < 1.29 is 4.79 Å². The minimum absolute atomic E-state index is 0.0882. The summed E-state index contributed by atoms with van der Waals surface area (Å²) in [4.78, 5) is 17.4. The second kappa shape index (κ2) is 5.83. The van der Waals surface area contributed by atoms with Crippen molar-refractivity contribution in [2.24, 2.45) is 7.05 Å². The van der Waals surface area contributed by atoms with Crippen LogP contribution in [0.15, 0.2) is 18.2 Å². The van der Waals surface area contributed by atoms with E-state index in [-0.39, 0.29) is 5.91 Å². The van der Waals surface area contributed by atoms with Crippen LogP contribution in [-0.2, 0) is 7.05 Å². The van der Waals surface area contributed by atoms with Crippen LogP contribution in [0, 0.1) is 0 Å². The SMILES string of the molecule is Cn1nc(C2CC2)cc1N1CCN(C(=O)c2ccc(Cl)s2)CC1. The highest BCUT2D eigenvalue weighted by atomic mass is 35.5. The number of nitrogens with zero attached hydrogens (tertiary/aromatic N) is 4. The monoisotopic (exact) mass is 350 g/mol. The number of rotatable bonds is 3. The maximum atomic E-state index is 12.5.